The van der Waals surface area contributed by atoms with E-state index >= 15 is 0 Å². The van der Waals surface area contributed by atoms with E-state index in [1.54, 1.807) is 25.1 Å². The molecule has 8 heteroatoms. The molecule has 2 heterocycles. The van der Waals surface area contributed by atoms with Crippen molar-refractivity contribution < 1.29 is 14.2 Å². The van der Waals surface area contributed by atoms with Gasteiger partial charge in [0.25, 0.3) is 5.69 Å². The molecule has 1 aliphatic rings. The molecule has 1 aromatic carbocycles. The Hall–Kier alpha value is -2.90. The van der Waals surface area contributed by atoms with E-state index in [4.69, 9.17) is 4.52 Å². The van der Waals surface area contributed by atoms with E-state index in [-0.39, 0.29) is 18.1 Å². The van der Waals surface area contributed by atoms with Crippen LogP contribution in [0.3, 0.4) is 0 Å². The first-order valence-corrected chi connectivity index (χ1v) is 6.78. The molecule has 0 bridgehead atoms. The summed E-state index contributed by atoms with van der Waals surface area (Å²) in [5.74, 6) is 0.791. The quantitative estimate of drug-likeness (QED) is 0.683. The maximum Gasteiger partial charge on any atom is 0.269 e. The predicted molar refractivity (Wildman–Crippen MR) is 78.9 cm³/mol. The summed E-state index contributed by atoms with van der Waals surface area (Å²) in [5.41, 5.74) is 1.82. The van der Waals surface area contributed by atoms with Crippen molar-refractivity contribution in [1.29, 1.82) is 0 Å². The minimum absolute atomic E-state index is 0.0723. The molecular weight excluding hydrogens is 288 g/mol. The summed E-state index contributed by atoms with van der Waals surface area (Å²) >= 11 is 0. The number of hydrogen-bond donors (Lipinski definition) is 1. The molecule has 0 atom stereocenters. The Morgan fingerprint density at radius 2 is 2.32 bits per heavy atom. The molecule has 114 valence electrons. The monoisotopic (exact) mass is 302 g/mol. The number of fused-ring (bicyclic) bond motifs is 1. The fourth-order valence-electron chi connectivity index (χ4n) is 2.52. The highest BCUT2D eigenvalue weighted by Crippen LogP contribution is 2.30. The predicted octanol–water partition coefficient (Wildman–Crippen LogP) is 1.89. The van der Waals surface area contributed by atoms with Crippen molar-refractivity contribution in [2.24, 2.45) is 0 Å². The van der Waals surface area contributed by atoms with Crippen LogP contribution in [0.25, 0.3) is 0 Å². The standard InChI is InChI=1S/C14H14N4O4/c1-9-6-13(16-22-9)15-14(19)8-17-5-4-10-7-11(18(20)21)2-3-12(10)17/h2-3,6-7H,4-5,8H2,1H3,(H,15,16,19). The van der Waals surface area contributed by atoms with Gasteiger partial charge in [-0.15, -0.1) is 0 Å². The fourth-order valence-corrected chi connectivity index (χ4v) is 2.52. The van der Waals surface area contributed by atoms with Crippen LogP contribution in [0.5, 0.6) is 0 Å². The summed E-state index contributed by atoms with van der Waals surface area (Å²) in [7, 11) is 0. The molecule has 0 saturated carbocycles. The van der Waals surface area contributed by atoms with Crippen molar-refractivity contribution in [2.75, 3.05) is 23.3 Å². The lowest BCUT2D eigenvalue weighted by atomic mass is 10.1. The number of benzene rings is 1. The number of nitro benzene ring substituents is 1. The summed E-state index contributed by atoms with van der Waals surface area (Å²) in [4.78, 5) is 24.3. The first kappa shape index (κ1) is 14.1. The molecule has 0 saturated heterocycles. The number of rotatable bonds is 4. The molecule has 8 nitrogen and oxygen atoms in total. The number of anilines is 2. The van der Waals surface area contributed by atoms with Crippen LogP contribution in [0, 0.1) is 17.0 Å². The van der Waals surface area contributed by atoms with E-state index in [1.165, 1.54) is 6.07 Å². The largest absolute Gasteiger partial charge is 0.362 e. The Kier molecular flexibility index (Phi) is 3.50. The molecule has 1 amide bonds. The van der Waals surface area contributed by atoms with Gasteiger partial charge in [0.1, 0.15) is 5.76 Å². The van der Waals surface area contributed by atoms with Crippen molar-refractivity contribution in [1.82, 2.24) is 5.16 Å². The molecule has 0 aliphatic carbocycles. The first-order valence-electron chi connectivity index (χ1n) is 6.78. The molecule has 0 spiro atoms. The van der Waals surface area contributed by atoms with Gasteiger partial charge in [0.2, 0.25) is 5.91 Å². The van der Waals surface area contributed by atoms with Gasteiger partial charge in [-0.1, -0.05) is 5.16 Å². The number of hydrogen-bond acceptors (Lipinski definition) is 6. The molecule has 0 fully saturated rings. The summed E-state index contributed by atoms with van der Waals surface area (Å²) in [6.07, 6.45) is 0.688. The van der Waals surface area contributed by atoms with E-state index in [9.17, 15) is 14.9 Å². The summed E-state index contributed by atoms with van der Waals surface area (Å²) in [5, 5.41) is 17.1. The summed E-state index contributed by atoms with van der Waals surface area (Å²) in [6.45, 7) is 2.56. The Morgan fingerprint density at radius 1 is 1.50 bits per heavy atom. The number of carbonyl (C=O) groups excluding carboxylic acids is 1. The van der Waals surface area contributed by atoms with Crippen molar-refractivity contribution in [3.63, 3.8) is 0 Å². The highest BCUT2D eigenvalue weighted by atomic mass is 16.6. The lowest BCUT2D eigenvalue weighted by Gasteiger charge is -2.18. The average molecular weight is 302 g/mol. The molecule has 1 N–H and O–H groups in total. The maximum absolute atomic E-state index is 12.0. The van der Waals surface area contributed by atoms with E-state index in [2.05, 4.69) is 10.5 Å². The van der Waals surface area contributed by atoms with Gasteiger partial charge in [-0.05, 0) is 25.0 Å². The zero-order valence-corrected chi connectivity index (χ0v) is 11.9. The third kappa shape index (κ3) is 2.76. The Morgan fingerprint density at radius 3 is 3.00 bits per heavy atom. The van der Waals surface area contributed by atoms with Crippen molar-refractivity contribution in [3.8, 4) is 0 Å². The average Bonchev–Trinajstić information content (AvgIpc) is 3.05. The number of nitro groups is 1. The molecule has 1 aliphatic heterocycles. The lowest BCUT2D eigenvalue weighted by molar-refractivity contribution is -0.384. The number of aromatic nitrogens is 1. The van der Waals surface area contributed by atoms with Gasteiger partial charge >= 0.3 is 0 Å². The fraction of sp³-hybridized carbons (Fsp3) is 0.286. The maximum atomic E-state index is 12.0. The smallest absolute Gasteiger partial charge is 0.269 e. The van der Waals surface area contributed by atoms with Crippen LogP contribution in [0.4, 0.5) is 17.2 Å². The molecule has 1 aromatic heterocycles. The van der Waals surface area contributed by atoms with Gasteiger partial charge in [0, 0.05) is 30.4 Å². The van der Waals surface area contributed by atoms with E-state index in [0.29, 0.717) is 24.5 Å². The topological polar surface area (TPSA) is 102 Å². The highest BCUT2D eigenvalue weighted by Gasteiger charge is 2.23. The van der Waals surface area contributed by atoms with Gasteiger partial charge < -0.3 is 14.7 Å². The number of aryl methyl sites for hydroxylation is 1. The van der Waals surface area contributed by atoms with E-state index < -0.39 is 4.92 Å². The minimum atomic E-state index is -0.414. The normalized spacial score (nSPS) is 13.0. The molecule has 0 unspecified atom stereocenters. The summed E-state index contributed by atoms with van der Waals surface area (Å²) < 4.78 is 4.89. The molecule has 2 aromatic rings. The second-order valence-electron chi connectivity index (χ2n) is 5.11. The second-order valence-corrected chi connectivity index (χ2v) is 5.11. The highest BCUT2D eigenvalue weighted by molar-refractivity contribution is 5.93. The Bertz CT molecular complexity index is 740. The lowest BCUT2D eigenvalue weighted by Crippen LogP contribution is -2.31. The van der Waals surface area contributed by atoms with E-state index in [0.717, 1.165) is 11.3 Å². The van der Waals surface area contributed by atoms with Crippen LogP contribution in [-0.4, -0.2) is 29.1 Å². The second kappa shape index (κ2) is 5.47. The van der Waals surface area contributed by atoms with Crippen LogP contribution in [0.15, 0.2) is 28.8 Å². The first-order chi connectivity index (χ1) is 10.5. The van der Waals surface area contributed by atoms with Crippen LogP contribution in [0.1, 0.15) is 11.3 Å². The van der Waals surface area contributed by atoms with Crippen molar-refractivity contribution in [2.45, 2.75) is 13.3 Å². The number of non-ortho nitro benzene ring substituents is 1. The number of nitrogens with zero attached hydrogens (tertiary/aromatic N) is 3. The SMILES string of the molecule is Cc1cc(NC(=O)CN2CCc3cc([N+](=O)[O-])ccc32)no1. The van der Waals surface area contributed by atoms with Crippen LogP contribution < -0.4 is 10.2 Å². The van der Waals surface area contributed by atoms with Crippen LogP contribution >= 0.6 is 0 Å². The molecule has 0 radical (unpaired) electrons. The van der Waals surface area contributed by atoms with Gasteiger partial charge in [-0.25, -0.2) is 0 Å². The summed E-state index contributed by atoms with van der Waals surface area (Å²) in [6, 6.07) is 6.34. The van der Waals surface area contributed by atoms with E-state index in [1.807, 2.05) is 4.90 Å². The Labute approximate surface area is 125 Å². The zero-order chi connectivity index (χ0) is 15.7. The molecular formula is C14H14N4O4. The number of amides is 1. The zero-order valence-electron chi connectivity index (χ0n) is 11.9. The molecule has 22 heavy (non-hydrogen) atoms. The minimum Gasteiger partial charge on any atom is -0.362 e. The van der Waals surface area contributed by atoms with Crippen molar-refractivity contribution in [3.05, 3.63) is 45.7 Å². The van der Waals surface area contributed by atoms with Gasteiger partial charge in [-0.2, -0.15) is 0 Å². The van der Waals surface area contributed by atoms with Crippen molar-refractivity contribution >= 4 is 23.1 Å². The van der Waals surface area contributed by atoms with Gasteiger partial charge in [0.05, 0.1) is 11.5 Å². The third-order valence-electron chi connectivity index (χ3n) is 3.50. The number of nitrogens with one attached hydrogen (secondary N) is 1. The van der Waals surface area contributed by atoms with Gasteiger partial charge in [0.15, 0.2) is 5.82 Å². The van der Waals surface area contributed by atoms with Crippen LogP contribution in [0.2, 0.25) is 0 Å². The Balaban J connectivity index is 1.68. The number of carbonyl (C=O) groups is 1. The third-order valence-corrected chi connectivity index (χ3v) is 3.50. The molecule has 3 rings (SSSR count). The van der Waals surface area contributed by atoms with Crippen LogP contribution in [-0.2, 0) is 11.2 Å². The van der Waals surface area contributed by atoms with Gasteiger partial charge in [-0.3, -0.25) is 14.9 Å².